The number of quaternary nitrogens is 1. The van der Waals surface area contributed by atoms with E-state index in [2.05, 4.69) is 0 Å². The van der Waals surface area contributed by atoms with Crippen LogP contribution in [0.1, 0.15) is 12.0 Å². The third-order valence-corrected chi connectivity index (χ3v) is 7.85. The van der Waals surface area contributed by atoms with Gasteiger partial charge in [-0.3, -0.25) is 9.59 Å². The Bertz CT molecular complexity index is 1240. The first kappa shape index (κ1) is 24.2. The van der Waals surface area contributed by atoms with Crippen LogP contribution in [0.3, 0.4) is 0 Å². The van der Waals surface area contributed by atoms with Crippen molar-refractivity contribution in [2.75, 3.05) is 31.1 Å². The maximum Gasteiger partial charge on any atom is 0.416 e. The summed E-state index contributed by atoms with van der Waals surface area (Å²) in [6.45, 7) is 0.0524. The van der Waals surface area contributed by atoms with Gasteiger partial charge in [-0.1, -0.05) is 6.07 Å². The molecule has 0 unspecified atom stereocenters. The highest BCUT2D eigenvalue weighted by Gasteiger charge is 2.48. The molecule has 0 bridgehead atoms. The number of amides is 2. The van der Waals surface area contributed by atoms with E-state index >= 15 is 0 Å². The van der Waals surface area contributed by atoms with E-state index < -0.39 is 56.1 Å². The first-order valence-corrected chi connectivity index (χ1v) is 11.7. The highest BCUT2D eigenvalue weighted by atomic mass is 32.2. The number of nitrogens with one attached hydrogen (secondary N) is 1. The van der Waals surface area contributed by atoms with Gasteiger partial charge in [-0.2, -0.15) is 17.5 Å². The van der Waals surface area contributed by atoms with Crippen LogP contribution >= 0.6 is 0 Å². The molecule has 0 spiro atoms. The first-order chi connectivity index (χ1) is 15.9. The van der Waals surface area contributed by atoms with E-state index in [4.69, 9.17) is 0 Å². The molecule has 2 aromatic rings. The molecule has 0 radical (unpaired) electrons. The number of hydrogen-bond donors (Lipinski definition) is 1. The summed E-state index contributed by atoms with van der Waals surface area (Å²) in [7, 11) is -4.21. The summed E-state index contributed by atoms with van der Waals surface area (Å²) in [5.74, 6) is -3.26. The third-order valence-electron chi connectivity index (χ3n) is 5.95. The second-order valence-electron chi connectivity index (χ2n) is 8.01. The van der Waals surface area contributed by atoms with Crippen molar-refractivity contribution >= 4 is 27.5 Å². The van der Waals surface area contributed by atoms with Crippen LogP contribution in [-0.2, 0) is 25.8 Å². The molecule has 0 aliphatic carbocycles. The van der Waals surface area contributed by atoms with Gasteiger partial charge in [0.1, 0.15) is 11.6 Å². The number of anilines is 1. The Labute approximate surface area is 191 Å². The zero-order valence-corrected chi connectivity index (χ0v) is 18.3. The summed E-state index contributed by atoms with van der Waals surface area (Å²) < 4.78 is 93.0. The van der Waals surface area contributed by atoms with Gasteiger partial charge in [0.05, 0.1) is 48.7 Å². The molecular formula is C21H19F5N3O4S+. The summed E-state index contributed by atoms with van der Waals surface area (Å²) >= 11 is 0. The Morgan fingerprint density at radius 1 is 0.971 bits per heavy atom. The average molecular weight is 504 g/mol. The monoisotopic (exact) mass is 504 g/mol. The Morgan fingerprint density at radius 3 is 2.26 bits per heavy atom. The van der Waals surface area contributed by atoms with Crippen molar-refractivity contribution < 1.29 is 44.9 Å². The molecule has 0 saturated carbocycles. The lowest BCUT2D eigenvalue weighted by atomic mass is 10.2. The minimum atomic E-state index is -4.69. The fourth-order valence-electron chi connectivity index (χ4n) is 4.21. The van der Waals surface area contributed by atoms with Gasteiger partial charge >= 0.3 is 6.18 Å². The molecular weight excluding hydrogens is 485 g/mol. The van der Waals surface area contributed by atoms with Crippen molar-refractivity contribution in [2.45, 2.75) is 23.5 Å². The number of imide groups is 1. The molecule has 13 heteroatoms. The maximum absolute atomic E-state index is 14.1. The van der Waals surface area contributed by atoms with Crippen LogP contribution in [0.5, 0.6) is 0 Å². The van der Waals surface area contributed by atoms with E-state index in [-0.39, 0.29) is 38.3 Å². The second-order valence-corrected chi connectivity index (χ2v) is 9.95. The minimum Gasteiger partial charge on any atom is -0.322 e. The zero-order valence-electron chi connectivity index (χ0n) is 17.5. The standard InChI is InChI=1S/C21H18F5N3O4S/c22-14-4-5-17(16(23)11-14)29-19(30)12-18(20(29)31)27-6-8-28(9-7-27)34(32,33)15-3-1-2-13(10-15)21(24,25)26/h1-5,10-11,18H,6-9,12H2/p+1/t18-/m0/s1. The second kappa shape index (κ2) is 8.71. The fourth-order valence-corrected chi connectivity index (χ4v) is 5.70. The van der Waals surface area contributed by atoms with E-state index in [9.17, 15) is 40.0 Å². The maximum atomic E-state index is 14.1. The first-order valence-electron chi connectivity index (χ1n) is 10.2. The number of hydrogen-bond acceptors (Lipinski definition) is 4. The Balaban J connectivity index is 1.47. The largest absolute Gasteiger partial charge is 0.416 e. The van der Waals surface area contributed by atoms with Crippen LogP contribution < -0.4 is 9.80 Å². The van der Waals surface area contributed by atoms with Gasteiger partial charge in [-0.05, 0) is 30.3 Å². The fraction of sp³-hybridized carbons (Fsp3) is 0.333. The molecule has 2 fully saturated rings. The molecule has 2 aromatic carbocycles. The van der Waals surface area contributed by atoms with Crippen molar-refractivity contribution in [3.8, 4) is 0 Å². The summed E-state index contributed by atoms with van der Waals surface area (Å²) in [6, 6.07) is 5.06. The Kier molecular flexibility index (Phi) is 6.21. The summed E-state index contributed by atoms with van der Waals surface area (Å²) in [4.78, 5) is 26.1. The number of halogens is 5. The van der Waals surface area contributed by atoms with E-state index in [1.165, 1.54) is 0 Å². The third kappa shape index (κ3) is 4.42. The predicted octanol–water partition coefficient (Wildman–Crippen LogP) is 1.20. The molecule has 34 heavy (non-hydrogen) atoms. The quantitative estimate of drug-likeness (QED) is 0.502. The van der Waals surface area contributed by atoms with Crippen LogP contribution in [0.15, 0.2) is 47.4 Å². The molecule has 2 heterocycles. The number of carbonyl (C=O) groups excluding carboxylic acids is 2. The highest BCUT2D eigenvalue weighted by molar-refractivity contribution is 7.89. The van der Waals surface area contributed by atoms with E-state index in [0.717, 1.165) is 34.6 Å². The van der Waals surface area contributed by atoms with Gasteiger partial charge in [0, 0.05) is 6.07 Å². The normalized spacial score (nSPS) is 20.9. The number of nitrogens with zero attached hydrogens (tertiary/aromatic N) is 2. The van der Waals surface area contributed by atoms with Crippen LogP contribution in [0, 0.1) is 11.6 Å². The highest BCUT2D eigenvalue weighted by Crippen LogP contribution is 2.31. The van der Waals surface area contributed by atoms with Gasteiger partial charge in [-0.25, -0.2) is 22.1 Å². The van der Waals surface area contributed by atoms with Gasteiger partial charge in [0.2, 0.25) is 15.9 Å². The van der Waals surface area contributed by atoms with Crippen LogP contribution in [-0.4, -0.2) is 56.8 Å². The summed E-state index contributed by atoms with van der Waals surface area (Å²) in [6.07, 6.45) is -4.93. The molecule has 4 rings (SSSR count). The molecule has 2 amide bonds. The summed E-state index contributed by atoms with van der Waals surface area (Å²) in [5.41, 5.74) is -1.44. The van der Waals surface area contributed by atoms with Crippen molar-refractivity contribution in [3.05, 3.63) is 59.7 Å². The number of sulfonamides is 1. The van der Waals surface area contributed by atoms with E-state index in [1.807, 2.05) is 0 Å². The molecule has 2 aliphatic rings. The van der Waals surface area contributed by atoms with Crippen LogP contribution in [0.4, 0.5) is 27.6 Å². The van der Waals surface area contributed by atoms with Crippen molar-refractivity contribution in [3.63, 3.8) is 0 Å². The molecule has 2 saturated heterocycles. The van der Waals surface area contributed by atoms with Crippen LogP contribution in [0.2, 0.25) is 0 Å². The SMILES string of the molecule is O=C1C[C@H]([NH+]2CCN(S(=O)(=O)c3cccc(C(F)(F)F)c3)CC2)C(=O)N1c1ccc(F)cc1F. The Hall–Kier alpha value is -2.90. The minimum absolute atomic E-state index is 0.0865. The lowest BCUT2D eigenvalue weighted by molar-refractivity contribution is -0.918. The lowest BCUT2D eigenvalue weighted by Gasteiger charge is -2.33. The number of alkyl halides is 3. The zero-order chi connectivity index (χ0) is 24.8. The predicted molar refractivity (Wildman–Crippen MR) is 108 cm³/mol. The van der Waals surface area contributed by atoms with Gasteiger partial charge in [0.15, 0.2) is 6.04 Å². The smallest absolute Gasteiger partial charge is 0.322 e. The van der Waals surface area contributed by atoms with E-state index in [1.54, 1.807) is 0 Å². The molecule has 0 aromatic heterocycles. The molecule has 1 atom stereocenters. The average Bonchev–Trinajstić information content (AvgIpc) is 3.07. The van der Waals surface area contributed by atoms with Crippen molar-refractivity contribution in [1.82, 2.24) is 4.31 Å². The van der Waals surface area contributed by atoms with Gasteiger partial charge < -0.3 is 4.90 Å². The topological polar surface area (TPSA) is 79.2 Å². The Morgan fingerprint density at radius 2 is 1.65 bits per heavy atom. The van der Waals surface area contributed by atoms with Gasteiger partial charge in [-0.15, -0.1) is 0 Å². The molecule has 182 valence electrons. The molecule has 1 N–H and O–H groups in total. The molecule has 2 aliphatic heterocycles. The summed E-state index contributed by atoms with van der Waals surface area (Å²) in [5, 5.41) is 0. The number of rotatable bonds is 4. The number of carbonyl (C=O) groups is 2. The van der Waals surface area contributed by atoms with Crippen LogP contribution in [0.25, 0.3) is 0 Å². The van der Waals surface area contributed by atoms with E-state index in [0.29, 0.717) is 21.9 Å². The van der Waals surface area contributed by atoms with Crippen molar-refractivity contribution in [2.24, 2.45) is 0 Å². The van der Waals surface area contributed by atoms with Gasteiger partial charge in [0.25, 0.3) is 5.91 Å². The molecule has 7 nitrogen and oxygen atoms in total. The van der Waals surface area contributed by atoms with Crippen molar-refractivity contribution in [1.29, 1.82) is 0 Å². The number of piperazine rings is 1. The lowest BCUT2D eigenvalue weighted by Crippen LogP contribution is -3.19. The number of benzene rings is 2.